The number of hydrogen-bond donors (Lipinski definition) is 0. The molecule has 4 rings (SSSR count). The van der Waals surface area contributed by atoms with Crippen molar-refractivity contribution in [1.82, 2.24) is 4.57 Å². The van der Waals surface area contributed by atoms with Gasteiger partial charge in [-0.1, -0.05) is 53.3 Å². The molecule has 0 aliphatic carbocycles. The number of benzene rings is 2. The summed E-state index contributed by atoms with van der Waals surface area (Å²) >= 11 is 7.57. The predicted molar refractivity (Wildman–Crippen MR) is 100 cm³/mol. The van der Waals surface area contributed by atoms with Gasteiger partial charge >= 0.3 is 0 Å². The average Bonchev–Trinajstić information content (AvgIpc) is 3.19. The third-order valence-electron chi connectivity index (χ3n) is 3.99. The standard InChI is InChI=1S/C19H15ClN2O2S/c20-16-4-2-1-3-14(16)12-24-15-7-5-13(6-8-15)11-17-18(23)22-10-9-21-19(22)25-17/h1-8,11H,9-10,12H2. The van der Waals surface area contributed by atoms with Gasteiger partial charge in [0.05, 0.1) is 11.1 Å². The maximum Gasteiger partial charge on any atom is 0.270 e. The van der Waals surface area contributed by atoms with Crippen molar-refractivity contribution in [3.8, 4) is 5.75 Å². The van der Waals surface area contributed by atoms with Crippen LogP contribution >= 0.6 is 22.9 Å². The van der Waals surface area contributed by atoms with Gasteiger partial charge in [0.2, 0.25) is 0 Å². The summed E-state index contributed by atoms with van der Waals surface area (Å²) < 4.78 is 8.22. The van der Waals surface area contributed by atoms with Crippen LogP contribution in [-0.2, 0) is 13.2 Å². The second kappa shape index (κ2) is 6.86. The maximum absolute atomic E-state index is 12.3. The molecule has 0 saturated carbocycles. The van der Waals surface area contributed by atoms with Crippen LogP contribution in [0.25, 0.3) is 6.08 Å². The van der Waals surface area contributed by atoms with Crippen molar-refractivity contribution in [3.05, 3.63) is 84.4 Å². The molecule has 6 heteroatoms. The van der Waals surface area contributed by atoms with Gasteiger partial charge < -0.3 is 4.74 Å². The van der Waals surface area contributed by atoms with Gasteiger partial charge in [-0.25, -0.2) is 0 Å². The smallest absolute Gasteiger partial charge is 0.270 e. The molecule has 2 heterocycles. The molecule has 0 bridgehead atoms. The number of thiazole rings is 1. The van der Waals surface area contributed by atoms with Gasteiger partial charge in [-0.3, -0.25) is 14.4 Å². The van der Waals surface area contributed by atoms with Crippen molar-refractivity contribution < 1.29 is 4.74 Å². The molecule has 0 N–H and O–H groups in total. The van der Waals surface area contributed by atoms with Gasteiger partial charge in [-0.05, 0) is 29.8 Å². The third kappa shape index (κ3) is 3.38. The summed E-state index contributed by atoms with van der Waals surface area (Å²) in [6.45, 7) is 1.81. The largest absolute Gasteiger partial charge is 0.489 e. The summed E-state index contributed by atoms with van der Waals surface area (Å²) in [4.78, 5) is 17.4. The lowest BCUT2D eigenvalue weighted by Gasteiger charge is -2.07. The normalized spacial score (nSPS) is 13.6. The number of aromatic nitrogens is 1. The Labute approximate surface area is 153 Å². The molecule has 25 heavy (non-hydrogen) atoms. The fraction of sp³-hybridized carbons (Fsp3) is 0.158. The van der Waals surface area contributed by atoms with E-state index in [9.17, 15) is 4.79 Å². The van der Waals surface area contributed by atoms with E-state index in [4.69, 9.17) is 16.3 Å². The lowest BCUT2D eigenvalue weighted by molar-refractivity contribution is 0.306. The Kier molecular flexibility index (Phi) is 4.42. The lowest BCUT2D eigenvalue weighted by atomic mass is 10.2. The zero-order chi connectivity index (χ0) is 17.2. The summed E-state index contributed by atoms with van der Waals surface area (Å²) in [5.74, 6) is 0.762. The molecule has 1 aliphatic rings. The average molecular weight is 371 g/mol. The van der Waals surface area contributed by atoms with Crippen LogP contribution in [0.15, 0.2) is 58.3 Å². The van der Waals surface area contributed by atoms with Crippen molar-refractivity contribution in [3.63, 3.8) is 0 Å². The van der Waals surface area contributed by atoms with Crippen LogP contribution in [0.3, 0.4) is 0 Å². The van der Waals surface area contributed by atoms with E-state index in [1.165, 1.54) is 11.3 Å². The first kappa shape index (κ1) is 16.1. The Morgan fingerprint density at radius 2 is 2.00 bits per heavy atom. The molecule has 0 radical (unpaired) electrons. The van der Waals surface area contributed by atoms with Gasteiger partial charge in [0.25, 0.3) is 5.56 Å². The van der Waals surface area contributed by atoms with E-state index in [1.54, 1.807) is 4.57 Å². The lowest BCUT2D eigenvalue weighted by Crippen LogP contribution is -2.29. The van der Waals surface area contributed by atoms with Crippen LogP contribution < -0.4 is 19.6 Å². The minimum atomic E-state index is 0.0419. The molecule has 126 valence electrons. The van der Waals surface area contributed by atoms with Crippen LogP contribution in [0.5, 0.6) is 5.75 Å². The van der Waals surface area contributed by atoms with Crippen molar-refractivity contribution in [1.29, 1.82) is 0 Å². The molecule has 0 unspecified atom stereocenters. The van der Waals surface area contributed by atoms with Gasteiger partial charge in [-0.15, -0.1) is 0 Å². The molecule has 1 aromatic heterocycles. The molecule has 0 spiro atoms. The van der Waals surface area contributed by atoms with Gasteiger partial charge in [-0.2, -0.15) is 0 Å². The highest BCUT2D eigenvalue weighted by Gasteiger charge is 2.09. The van der Waals surface area contributed by atoms with E-state index in [0.29, 0.717) is 29.3 Å². The molecule has 4 nitrogen and oxygen atoms in total. The number of nitrogens with zero attached hydrogens (tertiary/aromatic N) is 2. The van der Waals surface area contributed by atoms with Gasteiger partial charge in [0.1, 0.15) is 12.4 Å². The van der Waals surface area contributed by atoms with E-state index >= 15 is 0 Å². The quantitative estimate of drug-likeness (QED) is 0.708. The molecular formula is C19H15ClN2O2S. The number of halogens is 1. The summed E-state index contributed by atoms with van der Waals surface area (Å²) in [7, 11) is 0. The minimum absolute atomic E-state index is 0.0419. The molecule has 2 aromatic carbocycles. The summed E-state index contributed by atoms with van der Waals surface area (Å²) in [6.07, 6.45) is 1.89. The van der Waals surface area contributed by atoms with Crippen LogP contribution in [0, 0.1) is 0 Å². The number of hydrogen-bond acceptors (Lipinski definition) is 4. The highest BCUT2D eigenvalue weighted by molar-refractivity contribution is 7.07. The number of fused-ring (bicyclic) bond motifs is 1. The van der Waals surface area contributed by atoms with Crippen molar-refractivity contribution in [2.24, 2.45) is 4.99 Å². The Hall–Kier alpha value is -2.37. The topological polar surface area (TPSA) is 43.6 Å². The predicted octanol–water partition coefficient (Wildman–Crippen LogP) is 2.60. The zero-order valence-electron chi connectivity index (χ0n) is 13.3. The fourth-order valence-corrected chi connectivity index (χ4v) is 3.88. The van der Waals surface area contributed by atoms with Gasteiger partial charge in [0.15, 0.2) is 4.80 Å². The second-order valence-electron chi connectivity index (χ2n) is 5.68. The first-order valence-corrected chi connectivity index (χ1v) is 9.12. The Balaban J connectivity index is 1.52. The van der Waals surface area contributed by atoms with E-state index in [2.05, 4.69) is 4.99 Å². The Morgan fingerprint density at radius 1 is 1.20 bits per heavy atom. The fourth-order valence-electron chi connectivity index (χ4n) is 2.66. The van der Waals surface area contributed by atoms with Gasteiger partial charge in [0, 0.05) is 17.1 Å². The van der Waals surface area contributed by atoms with E-state index < -0.39 is 0 Å². The monoisotopic (exact) mass is 370 g/mol. The molecular weight excluding hydrogens is 356 g/mol. The van der Waals surface area contributed by atoms with E-state index in [-0.39, 0.29) is 5.56 Å². The molecule has 1 aliphatic heterocycles. The zero-order valence-corrected chi connectivity index (χ0v) is 14.9. The molecule has 0 atom stereocenters. The molecule has 0 amide bonds. The summed E-state index contributed by atoms with van der Waals surface area (Å²) in [5, 5.41) is 0.698. The third-order valence-corrected chi connectivity index (χ3v) is 5.40. The number of ether oxygens (including phenoxy) is 1. The van der Waals surface area contributed by atoms with Crippen LogP contribution in [-0.4, -0.2) is 11.1 Å². The first-order chi connectivity index (χ1) is 12.2. The maximum atomic E-state index is 12.3. The highest BCUT2D eigenvalue weighted by Crippen LogP contribution is 2.19. The SMILES string of the molecule is O=c1c(=Cc2ccc(OCc3ccccc3Cl)cc2)sc2n1CCN=2. The molecule has 0 saturated heterocycles. The van der Waals surface area contributed by atoms with Crippen molar-refractivity contribution in [2.75, 3.05) is 6.54 Å². The first-order valence-electron chi connectivity index (χ1n) is 7.93. The highest BCUT2D eigenvalue weighted by atomic mass is 35.5. The van der Waals surface area contributed by atoms with E-state index in [1.807, 2.05) is 54.6 Å². The molecule has 3 aromatic rings. The number of rotatable bonds is 4. The minimum Gasteiger partial charge on any atom is -0.489 e. The van der Waals surface area contributed by atoms with Crippen molar-refractivity contribution in [2.45, 2.75) is 13.2 Å². The summed E-state index contributed by atoms with van der Waals surface area (Å²) in [6, 6.07) is 15.3. The summed E-state index contributed by atoms with van der Waals surface area (Å²) in [5.41, 5.74) is 1.95. The molecule has 0 fully saturated rings. The van der Waals surface area contributed by atoms with Crippen LogP contribution in [0.1, 0.15) is 11.1 Å². The second-order valence-corrected chi connectivity index (χ2v) is 7.10. The van der Waals surface area contributed by atoms with Crippen LogP contribution in [0.2, 0.25) is 5.02 Å². The Bertz CT molecular complexity index is 1080. The van der Waals surface area contributed by atoms with Crippen LogP contribution in [0.4, 0.5) is 0 Å². The van der Waals surface area contributed by atoms with Crippen molar-refractivity contribution >= 4 is 29.0 Å². The Morgan fingerprint density at radius 3 is 2.76 bits per heavy atom. The van der Waals surface area contributed by atoms with E-state index in [0.717, 1.165) is 21.7 Å².